The van der Waals surface area contributed by atoms with Crippen LogP contribution in [0.15, 0.2) is 52.9 Å². The number of amides is 3. The number of rotatable bonds is 7. The molecule has 8 nitrogen and oxygen atoms in total. The number of aryl methyl sites for hydroxylation is 1. The van der Waals surface area contributed by atoms with Crippen LogP contribution in [0.5, 0.6) is 0 Å². The monoisotopic (exact) mass is 573 g/mol. The zero-order chi connectivity index (χ0) is 28.5. The zero-order valence-corrected chi connectivity index (χ0v) is 22.8. The van der Waals surface area contributed by atoms with E-state index in [0.717, 1.165) is 28.9 Å². The maximum Gasteiger partial charge on any atom is 0.416 e. The summed E-state index contributed by atoms with van der Waals surface area (Å²) in [4.78, 5) is 33.3. The molecule has 2 aromatic rings. The summed E-state index contributed by atoms with van der Waals surface area (Å²) in [6, 6.07) is 10.6. The summed E-state index contributed by atoms with van der Waals surface area (Å²) in [5.74, 6) is -0.0838. The van der Waals surface area contributed by atoms with E-state index < -0.39 is 17.3 Å². The molecule has 2 aromatic carbocycles. The summed E-state index contributed by atoms with van der Waals surface area (Å²) in [5, 5.41) is 13.8. The average molecular weight is 574 g/mol. The molecule has 3 amide bonds. The van der Waals surface area contributed by atoms with Gasteiger partial charge in [0.25, 0.3) is 5.91 Å². The number of carbonyl (C=O) groups is 2. The number of anilines is 1. The Balaban J connectivity index is 1.17. The van der Waals surface area contributed by atoms with Crippen molar-refractivity contribution in [3.8, 4) is 0 Å². The standard InChI is InChI=1S/C28H30F3N5O3S/c1-19-17-23(36-13-12-34(14-15-37)26(36)39)6-5-20(19)7-16-40-35-10-8-27(9-11-35)25(38)32-24(33-27)21-3-2-4-22(18-21)28(29,30)31/h2-7,16-18,37H,8-15H2,1H3,(H,32,33,38)/b16-7+. The van der Waals surface area contributed by atoms with Gasteiger partial charge in [0.2, 0.25) is 0 Å². The average Bonchev–Trinajstić information content (AvgIpc) is 3.45. The quantitative estimate of drug-likeness (QED) is 0.483. The van der Waals surface area contributed by atoms with Crippen LogP contribution in [-0.4, -0.2) is 77.0 Å². The fourth-order valence-electron chi connectivity index (χ4n) is 5.15. The fraction of sp³-hybridized carbons (Fsp3) is 0.393. The highest BCUT2D eigenvalue weighted by molar-refractivity contribution is 8.00. The van der Waals surface area contributed by atoms with Gasteiger partial charge in [-0.05, 0) is 66.6 Å². The van der Waals surface area contributed by atoms with Gasteiger partial charge >= 0.3 is 12.2 Å². The number of hydrogen-bond acceptors (Lipinski definition) is 6. The SMILES string of the molecule is Cc1cc(N2CCN(CCO)C2=O)ccc1/C=C/SN1CCC2(CC1)N=C(c1cccc(C(F)(F)F)c1)NC2=O. The summed E-state index contributed by atoms with van der Waals surface area (Å²) in [6.07, 6.45) is -1.53. The van der Waals surface area contributed by atoms with E-state index in [0.29, 0.717) is 45.6 Å². The van der Waals surface area contributed by atoms with Crippen LogP contribution in [-0.2, 0) is 11.0 Å². The number of amidine groups is 1. The maximum absolute atomic E-state index is 13.1. The van der Waals surface area contributed by atoms with Crippen LogP contribution in [0.2, 0.25) is 0 Å². The molecule has 5 rings (SSSR count). The number of aliphatic hydroxyl groups excluding tert-OH is 1. The molecule has 0 radical (unpaired) electrons. The number of hydrogen-bond donors (Lipinski definition) is 2. The third-order valence-corrected chi connectivity index (χ3v) is 8.40. The Hall–Kier alpha value is -3.35. The van der Waals surface area contributed by atoms with Crippen LogP contribution < -0.4 is 10.2 Å². The maximum atomic E-state index is 13.1. The molecular weight excluding hydrogens is 543 g/mol. The van der Waals surface area contributed by atoms with Crippen LogP contribution in [0.4, 0.5) is 23.7 Å². The van der Waals surface area contributed by atoms with Gasteiger partial charge in [0, 0.05) is 44.0 Å². The predicted molar refractivity (Wildman–Crippen MR) is 149 cm³/mol. The highest BCUT2D eigenvalue weighted by Crippen LogP contribution is 2.35. The first-order valence-corrected chi connectivity index (χ1v) is 13.9. The molecule has 3 aliphatic rings. The molecule has 1 spiro atoms. The van der Waals surface area contributed by atoms with E-state index in [1.807, 2.05) is 36.6 Å². The molecule has 0 saturated carbocycles. The number of carbonyl (C=O) groups excluding carboxylic acids is 2. The Bertz CT molecular complexity index is 1350. The fourth-order valence-corrected chi connectivity index (χ4v) is 5.92. The van der Waals surface area contributed by atoms with E-state index in [4.69, 9.17) is 5.11 Å². The molecule has 0 aromatic heterocycles. The van der Waals surface area contributed by atoms with E-state index >= 15 is 0 Å². The Labute approximate surface area is 234 Å². The van der Waals surface area contributed by atoms with E-state index in [-0.39, 0.29) is 29.9 Å². The number of aliphatic imine (C=N–C) groups is 1. The number of benzene rings is 2. The second kappa shape index (κ2) is 11.3. The van der Waals surface area contributed by atoms with Crippen LogP contribution >= 0.6 is 11.9 Å². The number of halogens is 3. The third kappa shape index (κ3) is 5.74. The molecule has 3 aliphatic heterocycles. The first-order valence-electron chi connectivity index (χ1n) is 13.0. The van der Waals surface area contributed by atoms with Crippen molar-refractivity contribution in [1.82, 2.24) is 14.5 Å². The van der Waals surface area contributed by atoms with Crippen molar-refractivity contribution < 1.29 is 27.9 Å². The summed E-state index contributed by atoms with van der Waals surface area (Å²) < 4.78 is 41.5. The molecular formula is C28H30F3N5O3S. The molecule has 3 heterocycles. The zero-order valence-electron chi connectivity index (χ0n) is 21.9. The lowest BCUT2D eigenvalue weighted by Gasteiger charge is -2.34. The van der Waals surface area contributed by atoms with Gasteiger partial charge in [0.15, 0.2) is 0 Å². The molecule has 12 heteroatoms. The lowest BCUT2D eigenvalue weighted by molar-refractivity contribution is -0.137. The van der Waals surface area contributed by atoms with Crippen molar-refractivity contribution in [1.29, 1.82) is 0 Å². The molecule has 2 fully saturated rings. The number of urea groups is 1. The highest BCUT2D eigenvalue weighted by Gasteiger charge is 2.46. The molecule has 0 atom stereocenters. The molecule has 212 valence electrons. The molecule has 40 heavy (non-hydrogen) atoms. The number of nitrogens with one attached hydrogen (secondary N) is 1. The van der Waals surface area contributed by atoms with Gasteiger partial charge in [-0.25, -0.2) is 9.10 Å². The lowest BCUT2D eigenvalue weighted by Crippen LogP contribution is -2.47. The van der Waals surface area contributed by atoms with Gasteiger partial charge in [0.05, 0.1) is 12.2 Å². The second-order valence-electron chi connectivity index (χ2n) is 10.0. The van der Waals surface area contributed by atoms with Crippen molar-refractivity contribution in [2.24, 2.45) is 4.99 Å². The Morgan fingerprint density at radius 3 is 2.58 bits per heavy atom. The molecule has 0 aliphatic carbocycles. The molecule has 0 unspecified atom stereocenters. The van der Waals surface area contributed by atoms with Crippen LogP contribution in [0.3, 0.4) is 0 Å². The lowest BCUT2D eigenvalue weighted by atomic mass is 9.89. The van der Waals surface area contributed by atoms with Gasteiger partial charge < -0.3 is 15.3 Å². The van der Waals surface area contributed by atoms with Gasteiger partial charge in [-0.3, -0.25) is 14.7 Å². The Kier molecular flexibility index (Phi) is 7.94. The smallest absolute Gasteiger partial charge is 0.395 e. The minimum absolute atomic E-state index is 0.0563. The normalized spacial score (nSPS) is 19.7. The third-order valence-electron chi connectivity index (χ3n) is 7.48. The van der Waals surface area contributed by atoms with E-state index in [9.17, 15) is 22.8 Å². The van der Waals surface area contributed by atoms with Crippen LogP contribution in [0.1, 0.15) is 35.1 Å². The van der Waals surface area contributed by atoms with Crippen LogP contribution in [0, 0.1) is 6.92 Å². The molecule has 2 saturated heterocycles. The summed E-state index contributed by atoms with van der Waals surface area (Å²) >= 11 is 1.53. The minimum atomic E-state index is -4.47. The molecule has 2 N–H and O–H groups in total. The molecule has 0 bridgehead atoms. The van der Waals surface area contributed by atoms with Crippen molar-refractivity contribution in [3.05, 3.63) is 70.1 Å². The number of alkyl halides is 3. The summed E-state index contributed by atoms with van der Waals surface area (Å²) in [6.45, 7) is 4.64. The summed E-state index contributed by atoms with van der Waals surface area (Å²) in [7, 11) is 0. The van der Waals surface area contributed by atoms with Crippen molar-refractivity contribution in [2.45, 2.75) is 31.5 Å². The highest BCUT2D eigenvalue weighted by atomic mass is 32.2. The van der Waals surface area contributed by atoms with E-state index in [1.54, 1.807) is 9.80 Å². The number of piperidine rings is 1. The van der Waals surface area contributed by atoms with Gasteiger partial charge in [-0.2, -0.15) is 13.2 Å². The van der Waals surface area contributed by atoms with Gasteiger partial charge in [-0.15, -0.1) is 0 Å². The second-order valence-corrected chi connectivity index (χ2v) is 11.0. The van der Waals surface area contributed by atoms with Crippen molar-refractivity contribution in [3.63, 3.8) is 0 Å². The van der Waals surface area contributed by atoms with E-state index in [1.165, 1.54) is 24.1 Å². The van der Waals surface area contributed by atoms with Crippen molar-refractivity contribution in [2.75, 3.05) is 44.2 Å². The Morgan fingerprint density at radius 2 is 1.88 bits per heavy atom. The van der Waals surface area contributed by atoms with Gasteiger partial charge in [0.1, 0.15) is 11.4 Å². The van der Waals surface area contributed by atoms with Crippen LogP contribution in [0.25, 0.3) is 6.08 Å². The minimum Gasteiger partial charge on any atom is -0.395 e. The van der Waals surface area contributed by atoms with E-state index in [2.05, 4.69) is 14.6 Å². The van der Waals surface area contributed by atoms with Gasteiger partial charge in [-0.1, -0.05) is 30.1 Å². The predicted octanol–water partition coefficient (Wildman–Crippen LogP) is 4.28. The first kappa shape index (κ1) is 28.2. The number of nitrogens with zero attached hydrogens (tertiary/aromatic N) is 4. The first-order chi connectivity index (χ1) is 19.1. The number of aliphatic hydroxyl groups is 1. The van der Waals surface area contributed by atoms with Crippen molar-refractivity contribution >= 4 is 41.5 Å². The summed E-state index contributed by atoms with van der Waals surface area (Å²) in [5.41, 5.74) is 1.39. The number of β-amino-alcohol motifs (C(OH)–C–C–N with tert-alkyl or cyclic N) is 1. The largest absolute Gasteiger partial charge is 0.416 e. The Morgan fingerprint density at radius 1 is 1.10 bits per heavy atom. The topological polar surface area (TPSA) is 88.5 Å².